The molecule has 86 valence electrons. The van der Waals surface area contributed by atoms with Gasteiger partial charge in [-0.25, -0.2) is 0 Å². The Bertz CT molecular complexity index is 440. The quantitative estimate of drug-likeness (QED) is 0.802. The second kappa shape index (κ2) is 3.40. The molecule has 2 N–H and O–H groups in total. The molecule has 0 saturated heterocycles. The maximum absolute atomic E-state index is 11.3. The van der Waals surface area contributed by atoms with E-state index in [2.05, 4.69) is 5.32 Å². The molecule has 1 aromatic rings. The molecule has 1 atom stereocenters. The van der Waals surface area contributed by atoms with Gasteiger partial charge in [-0.15, -0.1) is 0 Å². The van der Waals surface area contributed by atoms with Crippen LogP contribution < -0.4 is 10.1 Å². The Balaban J connectivity index is 2.50. The van der Waals surface area contributed by atoms with Crippen molar-refractivity contribution in [3.05, 3.63) is 23.8 Å². The molecule has 4 heteroatoms. The summed E-state index contributed by atoms with van der Waals surface area (Å²) in [5, 5.41) is 12.5. The maximum atomic E-state index is 11.3. The number of methoxy groups -OCH3 is 1. The second-order valence-electron chi connectivity index (χ2n) is 4.57. The van der Waals surface area contributed by atoms with Crippen molar-refractivity contribution in [1.29, 1.82) is 0 Å². The summed E-state index contributed by atoms with van der Waals surface area (Å²) in [6.07, 6.45) is 0. The van der Waals surface area contributed by atoms with Crippen molar-refractivity contribution in [1.82, 2.24) is 0 Å². The van der Waals surface area contributed by atoms with Gasteiger partial charge >= 0.3 is 5.97 Å². The molecule has 0 radical (unpaired) electrons. The molecule has 0 fully saturated rings. The number of carboxylic acids is 1. The molecule has 0 spiro atoms. The van der Waals surface area contributed by atoms with Crippen LogP contribution in [0.5, 0.6) is 5.75 Å². The van der Waals surface area contributed by atoms with Gasteiger partial charge in [-0.3, -0.25) is 4.79 Å². The number of nitrogens with one attached hydrogen (secondary N) is 1. The molecular formula is C12H15NO3. The van der Waals surface area contributed by atoms with Crippen LogP contribution in [0.4, 0.5) is 5.69 Å². The molecule has 0 aromatic heterocycles. The highest BCUT2D eigenvalue weighted by Gasteiger charge is 2.43. The molecule has 1 aliphatic rings. The van der Waals surface area contributed by atoms with Crippen molar-refractivity contribution in [3.8, 4) is 5.75 Å². The summed E-state index contributed by atoms with van der Waals surface area (Å²) in [5.74, 6) is -0.595. The number of hydrogen-bond donors (Lipinski definition) is 2. The Morgan fingerprint density at radius 1 is 1.50 bits per heavy atom. The molecule has 4 nitrogen and oxygen atoms in total. The van der Waals surface area contributed by atoms with E-state index >= 15 is 0 Å². The van der Waals surface area contributed by atoms with E-state index < -0.39 is 17.4 Å². The van der Waals surface area contributed by atoms with Gasteiger partial charge in [0.25, 0.3) is 0 Å². The monoisotopic (exact) mass is 221 g/mol. The van der Waals surface area contributed by atoms with Gasteiger partial charge in [0, 0.05) is 17.3 Å². The van der Waals surface area contributed by atoms with Crippen LogP contribution >= 0.6 is 0 Å². The predicted molar refractivity (Wildman–Crippen MR) is 61.1 cm³/mol. The average Bonchev–Trinajstić information content (AvgIpc) is 2.45. The molecular weight excluding hydrogens is 206 g/mol. The zero-order chi connectivity index (χ0) is 11.9. The third kappa shape index (κ3) is 1.50. The zero-order valence-corrected chi connectivity index (χ0v) is 9.57. The highest BCUT2D eigenvalue weighted by atomic mass is 16.5. The first kappa shape index (κ1) is 10.8. The van der Waals surface area contributed by atoms with Gasteiger partial charge in [0.1, 0.15) is 11.7 Å². The minimum atomic E-state index is -0.804. The van der Waals surface area contributed by atoms with E-state index in [0.717, 1.165) is 17.0 Å². The number of aliphatic carboxylic acids is 1. The molecule has 1 aliphatic heterocycles. The Kier molecular flexibility index (Phi) is 2.30. The largest absolute Gasteiger partial charge is 0.497 e. The topological polar surface area (TPSA) is 58.6 Å². The highest BCUT2D eigenvalue weighted by Crippen LogP contribution is 2.43. The smallest absolute Gasteiger partial charge is 0.313 e. The SMILES string of the molecule is COc1ccc2c(c1)NC(C)(C)C2C(=O)O. The van der Waals surface area contributed by atoms with E-state index in [4.69, 9.17) is 4.74 Å². The van der Waals surface area contributed by atoms with Gasteiger partial charge in [-0.2, -0.15) is 0 Å². The fraction of sp³-hybridized carbons (Fsp3) is 0.417. The Hall–Kier alpha value is -1.71. The van der Waals surface area contributed by atoms with Gasteiger partial charge in [0.05, 0.1) is 7.11 Å². The lowest BCUT2D eigenvalue weighted by molar-refractivity contribution is -0.139. The van der Waals surface area contributed by atoms with E-state index in [1.54, 1.807) is 13.2 Å². The number of benzene rings is 1. The van der Waals surface area contributed by atoms with Crippen LogP contribution in [-0.2, 0) is 4.79 Å². The van der Waals surface area contributed by atoms with E-state index in [-0.39, 0.29) is 0 Å². The van der Waals surface area contributed by atoms with E-state index in [0.29, 0.717) is 0 Å². The van der Waals surface area contributed by atoms with Gasteiger partial charge in [-0.05, 0) is 25.5 Å². The first-order valence-corrected chi connectivity index (χ1v) is 5.14. The summed E-state index contributed by atoms with van der Waals surface area (Å²) >= 11 is 0. The molecule has 0 amide bonds. The molecule has 0 saturated carbocycles. The van der Waals surface area contributed by atoms with Crippen molar-refractivity contribution in [2.24, 2.45) is 0 Å². The molecule has 1 aromatic carbocycles. The number of hydrogen-bond acceptors (Lipinski definition) is 3. The van der Waals surface area contributed by atoms with Gasteiger partial charge in [-0.1, -0.05) is 6.07 Å². The molecule has 0 aliphatic carbocycles. The van der Waals surface area contributed by atoms with Crippen LogP contribution in [0.15, 0.2) is 18.2 Å². The van der Waals surface area contributed by atoms with Crippen LogP contribution in [0, 0.1) is 0 Å². The van der Waals surface area contributed by atoms with E-state index in [9.17, 15) is 9.90 Å². The number of carbonyl (C=O) groups is 1. The Labute approximate surface area is 94.2 Å². The van der Waals surface area contributed by atoms with Crippen LogP contribution in [0.2, 0.25) is 0 Å². The molecule has 1 unspecified atom stereocenters. The molecule has 0 bridgehead atoms. The second-order valence-corrected chi connectivity index (χ2v) is 4.57. The lowest BCUT2D eigenvalue weighted by atomic mass is 9.86. The lowest BCUT2D eigenvalue weighted by Crippen LogP contribution is -2.36. The van der Waals surface area contributed by atoms with Crippen LogP contribution in [0.3, 0.4) is 0 Å². The van der Waals surface area contributed by atoms with Crippen molar-refractivity contribution in [3.63, 3.8) is 0 Å². The summed E-state index contributed by atoms with van der Waals surface area (Å²) < 4.78 is 5.12. The first-order valence-electron chi connectivity index (χ1n) is 5.14. The van der Waals surface area contributed by atoms with E-state index in [1.807, 2.05) is 26.0 Å². The Morgan fingerprint density at radius 3 is 2.75 bits per heavy atom. The normalized spacial score (nSPS) is 21.1. The van der Waals surface area contributed by atoms with Gasteiger partial charge < -0.3 is 15.2 Å². The van der Waals surface area contributed by atoms with Gasteiger partial charge in [0.2, 0.25) is 0 Å². The number of fused-ring (bicyclic) bond motifs is 1. The predicted octanol–water partition coefficient (Wildman–Crippen LogP) is 2.07. The van der Waals surface area contributed by atoms with Crippen molar-refractivity contribution >= 4 is 11.7 Å². The minimum Gasteiger partial charge on any atom is -0.497 e. The number of rotatable bonds is 2. The summed E-state index contributed by atoms with van der Waals surface area (Å²) in [6, 6.07) is 5.44. The summed E-state index contributed by atoms with van der Waals surface area (Å²) in [7, 11) is 1.59. The number of anilines is 1. The maximum Gasteiger partial charge on any atom is 0.313 e. The standard InChI is InChI=1S/C12H15NO3/c1-12(2)10(11(14)15)8-5-4-7(16-3)6-9(8)13-12/h4-6,10,13H,1-3H3,(H,14,15). The third-order valence-corrected chi connectivity index (χ3v) is 3.00. The minimum absolute atomic E-state index is 0.472. The van der Waals surface area contributed by atoms with Crippen LogP contribution in [0.25, 0.3) is 0 Å². The molecule has 1 heterocycles. The van der Waals surface area contributed by atoms with Crippen molar-refractivity contribution in [2.75, 3.05) is 12.4 Å². The average molecular weight is 221 g/mol. The van der Waals surface area contributed by atoms with Crippen molar-refractivity contribution in [2.45, 2.75) is 25.3 Å². The Morgan fingerprint density at radius 2 is 2.19 bits per heavy atom. The fourth-order valence-electron chi connectivity index (χ4n) is 2.27. The first-order chi connectivity index (χ1) is 7.45. The third-order valence-electron chi connectivity index (χ3n) is 3.00. The number of carboxylic acid groups (broad SMARTS) is 1. The number of ether oxygens (including phenoxy) is 1. The highest BCUT2D eigenvalue weighted by molar-refractivity contribution is 5.85. The summed E-state index contributed by atoms with van der Waals surface area (Å²) in [6.45, 7) is 3.77. The van der Waals surface area contributed by atoms with E-state index in [1.165, 1.54) is 0 Å². The lowest BCUT2D eigenvalue weighted by Gasteiger charge is -2.24. The fourth-order valence-corrected chi connectivity index (χ4v) is 2.27. The summed E-state index contributed by atoms with van der Waals surface area (Å²) in [4.78, 5) is 11.3. The van der Waals surface area contributed by atoms with Crippen LogP contribution in [-0.4, -0.2) is 23.7 Å². The summed E-state index contributed by atoms with van der Waals surface area (Å²) in [5.41, 5.74) is 1.19. The van der Waals surface area contributed by atoms with Crippen LogP contribution in [0.1, 0.15) is 25.3 Å². The van der Waals surface area contributed by atoms with Gasteiger partial charge in [0.15, 0.2) is 0 Å². The molecule has 2 rings (SSSR count). The van der Waals surface area contributed by atoms with Crippen molar-refractivity contribution < 1.29 is 14.6 Å². The molecule has 16 heavy (non-hydrogen) atoms. The zero-order valence-electron chi connectivity index (χ0n) is 9.57.